The van der Waals surface area contributed by atoms with Gasteiger partial charge in [0.05, 0.1) is 11.3 Å². The molecule has 0 aliphatic rings. The van der Waals surface area contributed by atoms with Crippen molar-refractivity contribution < 1.29 is 9.90 Å². The number of hydrogen-bond acceptors (Lipinski definition) is 1. The lowest BCUT2D eigenvalue weighted by atomic mass is 10.0. The summed E-state index contributed by atoms with van der Waals surface area (Å²) >= 11 is 0. The Morgan fingerprint density at radius 3 is 2.39 bits per heavy atom. The van der Waals surface area contributed by atoms with Gasteiger partial charge in [-0.15, -0.1) is 0 Å². The molecule has 0 aliphatic heterocycles. The summed E-state index contributed by atoms with van der Waals surface area (Å²) < 4.78 is 1.97. The molecule has 1 heterocycles. The normalized spacial score (nSPS) is 10.6. The van der Waals surface area contributed by atoms with Crippen LogP contribution in [0.3, 0.4) is 0 Å². The van der Waals surface area contributed by atoms with Crippen molar-refractivity contribution in [1.82, 2.24) is 4.57 Å². The Bertz CT molecular complexity index is 582. The lowest BCUT2D eigenvalue weighted by molar-refractivity contribution is 0.0695. The maximum atomic E-state index is 11.4. The lowest BCUT2D eigenvalue weighted by Crippen LogP contribution is -2.01. The van der Waals surface area contributed by atoms with Gasteiger partial charge >= 0.3 is 5.97 Å². The Morgan fingerprint density at radius 2 is 1.89 bits per heavy atom. The zero-order chi connectivity index (χ0) is 13.3. The summed E-state index contributed by atoms with van der Waals surface area (Å²) in [6, 6.07) is 9.93. The number of hydrogen-bond donors (Lipinski definition) is 1. The largest absolute Gasteiger partial charge is 0.478 e. The monoisotopic (exact) mass is 243 g/mol. The van der Waals surface area contributed by atoms with Crippen LogP contribution in [-0.2, 0) is 13.5 Å². The van der Waals surface area contributed by atoms with E-state index in [-0.39, 0.29) is 0 Å². The van der Waals surface area contributed by atoms with Crippen LogP contribution in [0.1, 0.15) is 28.5 Å². The highest BCUT2D eigenvalue weighted by Crippen LogP contribution is 2.31. The van der Waals surface area contributed by atoms with Gasteiger partial charge in [-0.1, -0.05) is 37.3 Å². The van der Waals surface area contributed by atoms with E-state index < -0.39 is 5.97 Å². The van der Waals surface area contributed by atoms with E-state index in [4.69, 9.17) is 0 Å². The molecule has 0 saturated carbocycles. The fourth-order valence-electron chi connectivity index (χ4n) is 2.47. The Kier molecular flexibility index (Phi) is 3.24. The van der Waals surface area contributed by atoms with Crippen LogP contribution in [0.2, 0.25) is 0 Å². The fraction of sp³-hybridized carbons (Fsp3) is 0.267. The molecule has 0 fully saturated rings. The van der Waals surface area contributed by atoms with Crippen molar-refractivity contribution in [3.05, 3.63) is 47.2 Å². The smallest absolute Gasteiger partial charge is 0.337 e. The third-order valence-electron chi connectivity index (χ3n) is 3.40. The molecule has 0 unspecified atom stereocenters. The van der Waals surface area contributed by atoms with Gasteiger partial charge in [0, 0.05) is 12.7 Å². The van der Waals surface area contributed by atoms with E-state index in [1.54, 1.807) is 0 Å². The third-order valence-corrected chi connectivity index (χ3v) is 3.40. The highest BCUT2D eigenvalue weighted by molar-refractivity contribution is 5.94. The van der Waals surface area contributed by atoms with E-state index in [1.165, 1.54) is 0 Å². The topological polar surface area (TPSA) is 42.2 Å². The summed E-state index contributed by atoms with van der Waals surface area (Å²) in [6.07, 6.45) is 0.716. The molecule has 0 amide bonds. The molecule has 3 heteroatoms. The predicted octanol–water partition coefficient (Wildman–Crippen LogP) is 3.26. The number of carboxylic acids is 1. The first-order valence-electron chi connectivity index (χ1n) is 6.04. The van der Waals surface area contributed by atoms with Gasteiger partial charge in [0.15, 0.2) is 0 Å². The number of aromatic nitrogens is 1. The first kappa shape index (κ1) is 12.4. The molecule has 0 aliphatic carbocycles. The van der Waals surface area contributed by atoms with Crippen molar-refractivity contribution in [3.8, 4) is 11.3 Å². The van der Waals surface area contributed by atoms with Crippen molar-refractivity contribution in [2.75, 3.05) is 0 Å². The Morgan fingerprint density at radius 1 is 1.28 bits per heavy atom. The number of aromatic carboxylic acids is 1. The molecule has 1 aromatic heterocycles. The maximum absolute atomic E-state index is 11.4. The molecule has 0 spiro atoms. The van der Waals surface area contributed by atoms with E-state index in [1.807, 2.05) is 55.8 Å². The summed E-state index contributed by atoms with van der Waals surface area (Å²) in [5.41, 5.74) is 4.23. The summed E-state index contributed by atoms with van der Waals surface area (Å²) in [6.45, 7) is 3.85. The molecule has 1 N–H and O–H groups in total. The first-order valence-corrected chi connectivity index (χ1v) is 6.04. The van der Waals surface area contributed by atoms with Crippen LogP contribution >= 0.6 is 0 Å². The zero-order valence-corrected chi connectivity index (χ0v) is 10.9. The van der Waals surface area contributed by atoms with Crippen molar-refractivity contribution in [3.63, 3.8) is 0 Å². The lowest BCUT2D eigenvalue weighted by Gasteiger charge is -2.07. The molecule has 3 nitrogen and oxygen atoms in total. The molecular weight excluding hydrogens is 226 g/mol. The zero-order valence-electron chi connectivity index (χ0n) is 10.9. The second-order valence-corrected chi connectivity index (χ2v) is 4.37. The second-order valence-electron chi connectivity index (χ2n) is 4.37. The van der Waals surface area contributed by atoms with Gasteiger partial charge in [0.25, 0.3) is 0 Å². The van der Waals surface area contributed by atoms with E-state index in [0.29, 0.717) is 12.0 Å². The minimum Gasteiger partial charge on any atom is -0.478 e. The Hall–Kier alpha value is -2.03. The molecule has 0 bridgehead atoms. The van der Waals surface area contributed by atoms with E-state index in [0.717, 1.165) is 22.5 Å². The average molecular weight is 243 g/mol. The Balaban J connectivity index is 2.76. The fourth-order valence-corrected chi connectivity index (χ4v) is 2.47. The number of carbonyl (C=O) groups is 1. The van der Waals surface area contributed by atoms with Gasteiger partial charge in [-0.2, -0.15) is 0 Å². The van der Waals surface area contributed by atoms with Gasteiger partial charge in [-0.05, 0) is 24.5 Å². The second kappa shape index (κ2) is 4.69. The van der Waals surface area contributed by atoms with Crippen LogP contribution in [0.4, 0.5) is 0 Å². The molecule has 18 heavy (non-hydrogen) atoms. The standard InChI is InChI=1S/C15H17NO2/c1-4-12-13(15(17)18)10(2)16(3)14(12)11-8-6-5-7-9-11/h5-9H,4H2,1-3H3,(H,17,18). The van der Waals surface area contributed by atoms with Crippen molar-refractivity contribution in [2.24, 2.45) is 7.05 Å². The molecule has 0 saturated heterocycles. The molecule has 1 aromatic carbocycles. The van der Waals surface area contributed by atoms with Gasteiger partial charge in [-0.25, -0.2) is 4.79 Å². The van der Waals surface area contributed by atoms with Gasteiger partial charge in [0.2, 0.25) is 0 Å². The van der Waals surface area contributed by atoms with Crippen molar-refractivity contribution in [1.29, 1.82) is 0 Å². The third kappa shape index (κ3) is 1.82. The van der Waals surface area contributed by atoms with Crippen LogP contribution < -0.4 is 0 Å². The molecule has 2 rings (SSSR count). The number of nitrogens with zero attached hydrogens (tertiary/aromatic N) is 1. The number of benzene rings is 1. The van der Waals surface area contributed by atoms with Crippen LogP contribution in [0.25, 0.3) is 11.3 Å². The van der Waals surface area contributed by atoms with Crippen molar-refractivity contribution >= 4 is 5.97 Å². The SMILES string of the molecule is CCc1c(C(=O)O)c(C)n(C)c1-c1ccccc1. The van der Waals surface area contributed by atoms with Crippen molar-refractivity contribution in [2.45, 2.75) is 20.3 Å². The summed E-state index contributed by atoms with van der Waals surface area (Å²) in [4.78, 5) is 11.4. The number of carboxylic acid groups (broad SMARTS) is 1. The van der Waals surface area contributed by atoms with Crippen LogP contribution in [0.15, 0.2) is 30.3 Å². The predicted molar refractivity (Wildman–Crippen MR) is 71.9 cm³/mol. The van der Waals surface area contributed by atoms with Gasteiger partial charge < -0.3 is 9.67 Å². The minimum atomic E-state index is -0.845. The van der Waals surface area contributed by atoms with Crippen LogP contribution in [-0.4, -0.2) is 15.6 Å². The molecular formula is C15H17NO2. The van der Waals surface area contributed by atoms with Crippen LogP contribution in [0.5, 0.6) is 0 Å². The summed E-state index contributed by atoms with van der Waals surface area (Å²) in [5, 5.41) is 9.35. The Labute approximate surface area is 107 Å². The molecule has 0 radical (unpaired) electrons. The van der Waals surface area contributed by atoms with Gasteiger partial charge in [-0.3, -0.25) is 0 Å². The summed E-state index contributed by atoms with van der Waals surface area (Å²) in [7, 11) is 1.92. The highest BCUT2D eigenvalue weighted by atomic mass is 16.4. The minimum absolute atomic E-state index is 0.443. The number of rotatable bonds is 3. The maximum Gasteiger partial charge on any atom is 0.337 e. The molecule has 2 aromatic rings. The first-order chi connectivity index (χ1) is 8.57. The summed E-state index contributed by atoms with van der Waals surface area (Å²) in [5.74, 6) is -0.845. The van der Waals surface area contributed by atoms with E-state index in [2.05, 4.69) is 0 Å². The van der Waals surface area contributed by atoms with Crippen LogP contribution in [0, 0.1) is 6.92 Å². The van der Waals surface area contributed by atoms with Gasteiger partial charge in [0.1, 0.15) is 0 Å². The molecule has 94 valence electrons. The quantitative estimate of drug-likeness (QED) is 0.899. The van der Waals surface area contributed by atoms with E-state index in [9.17, 15) is 9.90 Å². The average Bonchev–Trinajstić information content (AvgIpc) is 2.63. The highest BCUT2D eigenvalue weighted by Gasteiger charge is 2.22. The van der Waals surface area contributed by atoms with E-state index >= 15 is 0 Å². The molecule has 0 atom stereocenters.